The number of amides is 1. The summed E-state index contributed by atoms with van der Waals surface area (Å²) in [5.41, 5.74) is 5.32. The highest BCUT2D eigenvalue weighted by atomic mass is 16.5. The highest BCUT2D eigenvalue weighted by Gasteiger charge is 2.18. The molecule has 124 valence electrons. The lowest BCUT2D eigenvalue weighted by atomic mass is 10.0. The minimum Gasteiger partial charge on any atom is -0.383 e. The van der Waals surface area contributed by atoms with Crippen LogP contribution in [-0.4, -0.2) is 26.2 Å². The maximum absolute atomic E-state index is 12.2. The van der Waals surface area contributed by atoms with Gasteiger partial charge in [-0.25, -0.2) is 0 Å². The van der Waals surface area contributed by atoms with Crippen LogP contribution >= 0.6 is 0 Å². The lowest BCUT2D eigenvalue weighted by Crippen LogP contribution is -2.29. The highest BCUT2D eigenvalue weighted by molar-refractivity contribution is 5.95. The van der Waals surface area contributed by atoms with Crippen molar-refractivity contribution >= 4 is 29.4 Å². The summed E-state index contributed by atoms with van der Waals surface area (Å²) in [5.74, 6) is 0.0472. The molecule has 0 saturated carbocycles. The monoisotopic (exact) mass is 322 g/mol. The van der Waals surface area contributed by atoms with Crippen LogP contribution in [-0.2, 0) is 16.1 Å². The fraction of sp³-hybridized carbons (Fsp3) is 0.250. The van der Waals surface area contributed by atoms with Crippen LogP contribution in [0.5, 0.6) is 0 Å². The van der Waals surface area contributed by atoms with Crippen LogP contribution in [0.1, 0.15) is 23.6 Å². The third-order valence-electron chi connectivity index (χ3n) is 4.16. The van der Waals surface area contributed by atoms with Gasteiger partial charge in [0, 0.05) is 26.3 Å². The molecule has 24 heavy (non-hydrogen) atoms. The summed E-state index contributed by atoms with van der Waals surface area (Å²) in [5, 5.41) is 3.35. The standard InChI is InChI=1S/C20H22N2O2/c1-15(23)22-14-18-9-10-19(21-11-12-24-2)13-17(18)8-7-16-5-3-4-6-20(16)22/h3-10,13,21H,11-12,14H2,1-2H3/b8-7-. The molecule has 0 aromatic heterocycles. The molecular formula is C20H22N2O2. The first kappa shape index (κ1) is 16.3. The maximum atomic E-state index is 12.2. The molecule has 3 rings (SSSR count). The Bertz CT molecular complexity index is 768. The van der Waals surface area contributed by atoms with Crippen molar-refractivity contribution in [2.75, 3.05) is 30.5 Å². The smallest absolute Gasteiger partial charge is 0.224 e. The maximum Gasteiger partial charge on any atom is 0.224 e. The van der Waals surface area contributed by atoms with Crippen LogP contribution in [0.25, 0.3) is 12.2 Å². The minimum atomic E-state index is 0.0472. The van der Waals surface area contributed by atoms with E-state index in [0.29, 0.717) is 13.2 Å². The lowest BCUT2D eigenvalue weighted by Gasteiger charge is -2.26. The number of nitrogens with zero attached hydrogens (tertiary/aromatic N) is 1. The number of benzene rings is 2. The molecular weight excluding hydrogens is 300 g/mol. The molecule has 0 fully saturated rings. The van der Waals surface area contributed by atoms with E-state index < -0.39 is 0 Å². The Labute approximate surface area is 142 Å². The van der Waals surface area contributed by atoms with Gasteiger partial charge in [-0.3, -0.25) is 4.79 Å². The Morgan fingerprint density at radius 1 is 1.17 bits per heavy atom. The van der Waals surface area contributed by atoms with E-state index >= 15 is 0 Å². The number of anilines is 2. The van der Waals surface area contributed by atoms with Gasteiger partial charge in [-0.2, -0.15) is 0 Å². The van der Waals surface area contributed by atoms with E-state index in [2.05, 4.69) is 29.6 Å². The molecule has 0 radical (unpaired) electrons. The summed E-state index contributed by atoms with van der Waals surface area (Å²) >= 11 is 0. The molecule has 1 N–H and O–H groups in total. The lowest BCUT2D eigenvalue weighted by molar-refractivity contribution is -0.116. The van der Waals surface area contributed by atoms with Gasteiger partial charge in [-0.05, 0) is 34.9 Å². The zero-order valence-corrected chi connectivity index (χ0v) is 14.1. The molecule has 2 aromatic carbocycles. The Morgan fingerprint density at radius 2 is 1.96 bits per heavy atom. The minimum absolute atomic E-state index is 0.0472. The Balaban J connectivity index is 1.97. The Kier molecular flexibility index (Phi) is 4.96. The van der Waals surface area contributed by atoms with E-state index in [1.807, 2.05) is 35.2 Å². The van der Waals surface area contributed by atoms with Crippen LogP contribution in [0.2, 0.25) is 0 Å². The van der Waals surface area contributed by atoms with Gasteiger partial charge in [0.15, 0.2) is 0 Å². The fourth-order valence-corrected chi connectivity index (χ4v) is 2.89. The summed E-state index contributed by atoms with van der Waals surface area (Å²) in [6.45, 7) is 3.62. The average Bonchev–Trinajstić information content (AvgIpc) is 2.57. The van der Waals surface area contributed by atoms with Crippen molar-refractivity contribution in [3.05, 3.63) is 59.2 Å². The second kappa shape index (κ2) is 7.32. The van der Waals surface area contributed by atoms with Crippen molar-refractivity contribution in [3.8, 4) is 0 Å². The van der Waals surface area contributed by atoms with Crippen LogP contribution in [0, 0.1) is 0 Å². The number of nitrogens with one attached hydrogen (secondary N) is 1. The molecule has 1 aliphatic rings. The molecule has 1 amide bonds. The van der Waals surface area contributed by atoms with Crippen molar-refractivity contribution in [1.29, 1.82) is 0 Å². The number of rotatable bonds is 4. The molecule has 0 spiro atoms. The highest BCUT2D eigenvalue weighted by Crippen LogP contribution is 2.29. The Hall–Kier alpha value is -2.59. The van der Waals surface area contributed by atoms with E-state index in [0.717, 1.165) is 34.6 Å². The average molecular weight is 322 g/mol. The summed E-state index contributed by atoms with van der Waals surface area (Å²) < 4.78 is 5.07. The molecule has 4 heteroatoms. The number of hydrogen-bond acceptors (Lipinski definition) is 3. The summed E-state index contributed by atoms with van der Waals surface area (Å²) in [7, 11) is 1.69. The summed E-state index contributed by atoms with van der Waals surface area (Å²) in [4.78, 5) is 14.0. The molecule has 2 aromatic rings. The molecule has 0 unspecified atom stereocenters. The van der Waals surface area contributed by atoms with Gasteiger partial charge < -0.3 is 15.0 Å². The first-order chi connectivity index (χ1) is 11.7. The quantitative estimate of drug-likeness (QED) is 0.871. The second-order valence-electron chi connectivity index (χ2n) is 5.83. The van der Waals surface area contributed by atoms with E-state index in [1.54, 1.807) is 14.0 Å². The number of ether oxygens (including phenoxy) is 1. The number of para-hydroxylation sites is 1. The van der Waals surface area contributed by atoms with Crippen LogP contribution in [0.3, 0.4) is 0 Å². The molecule has 1 heterocycles. The van der Waals surface area contributed by atoms with Crippen LogP contribution < -0.4 is 10.2 Å². The van der Waals surface area contributed by atoms with Gasteiger partial charge in [0.1, 0.15) is 0 Å². The number of fused-ring (bicyclic) bond motifs is 2. The molecule has 0 saturated heterocycles. The van der Waals surface area contributed by atoms with E-state index in [-0.39, 0.29) is 5.91 Å². The van der Waals surface area contributed by atoms with Crippen molar-refractivity contribution in [2.45, 2.75) is 13.5 Å². The van der Waals surface area contributed by atoms with Crippen molar-refractivity contribution in [1.82, 2.24) is 0 Å². The van der Waals surface area contributed by atoms with Crippen molar-refractivity contribution in [3.63, 3.8) is 0 Å². The zero-order valence-electron chi connectivity index (χ0n) is 14.1. The van der Waals surface area contributed by atoms with Crippen molar-refractivity contribution < 1.29 is 9.53 Å². The van der Waals surface area contributed by atoms with Gasteiger partial charge in [-0.1, -0.05) is 36.4 Å². The molecule has 0 bridgehead atoms. The van der Waals surface area contributed by atoms with Gasteiger partial charge in [-0.15, -0.1) is 0 Å². The SMILES string of the molecule is COCCNc1ccc2c(c1)/C=C\c1ccccc1N(C(C)=O)C2. The van der Waals surface area contributed by atoms with Gasteiger partial charge in [0.25, 0.3) is 0 Å². The third-order valence-corrected chi connectivity index (χ3v) is 4.16. The van der Waals surface area contributed by atoms with Gasteiger partial charge >= 0.3 is 0 Å². The number of hydrogen-bond donors (Lipinski definition) is 1. The first-order valence-electron chi connectivity index (χ1n) is 8.10. The van der Waals surface area contributed by atoms with E-state index in [1.165, 1.54) is 0 Å². The molecule has 0 atom stereocenters. The van der Waals surface area contributed by atoms with E-state index in [9.17, 15) is 4.79 Å². The zero-order chi connectivity index (χ0) is 16.9. The summed E-state index contributed by atoms with van der Waals surface area (Å²) in [6.07, 6.45) is 4.19. The van der Waals surface area contributed by atoms with E-state index in [4.69, 9.17) is 4.74 Å². The first-order valence-corrected chi connectivity index (χ1v) is 8.10. The second-order valence-corrected chi connectivity index (χ2v) is 5.83. The van der Waals surface area contributed by atoms with Gasteiger partial charge in [0.05, 0.1) is 18.8 Å². The topological polar surface area (TPSA) is 41.6 Å². The Morgan fingerprint density at radius 3 is 2.75 bits per heavy atom. The predicted octanol–water partition coefficient (Wildman–Crippen LogP) is 3.78. The van der Waals surface area contributed by atoms with Crippen molar-refractivity contribution in [2.24, 2.45) is 0 Å². The molecule has 4 nitrogen and oxygen atoms in total. The number of carbonyl (C=O) groups excluding carboxylic acids is 1. The molecule has 0 aliphatic carbocycles. The van der Waals surface area contributed by atoms with Crippen LogP contribution in [0.15, 0.2) is 42.5 Å². The van der Waals surface area contributed by atoms with Crippen LogP contribution in [0.4, 0.5) is 11.4 Å². The number of carbonyl (C=O) groups is 1. The fourth-order valence-electron chi connectivity index (χ4n) is 2.89. The van der Waals surface area contributed by atoms with Gasteiger partial charge in [0.2, 0.25) is 5.91 Å². The normalized spacial score (nSPS) is 14.2. The summed E-state index contributed by atoms with van der Waals surface area (Å²) in [6, 6.07) is 14.2. The molecule has 1 aliphatic heterocycles. The number of methoxy groups -OCH3 is 1. The predicted molar refractivity (Wildman–Crippen MR) is 99.0 cm³/mol. The third kappa shape index (κ3) is 3.49. The largest absolute Gasteiger partial charge is 0.383 e.